The van der Waals surface area contributed by atoms with E-state index >= 15 is 0 Å². The van der Waals surface area contributed by atoms with Crippen molar-refractivity contribution in [3.63, 3.8) is 0 Å². The molecule has 0 aliphatic carbocycles. The highest BCUT2D eigenvalue weighted by atomic mass is 16.6. The van der Waals surface area contributed by atoms with Crippen LogP contribution in [0.15, 0.2) is 14.4 Å². The lowest BCUT2D eigenvalue weighted by molar-refractivity contribution is 0.247. The summed E-state index contributed by atoms with van der Waals surface area (Å²) in [7, 11) is 0. The van der Waals surface area contributed by atoms with E-state index in [0.717, 1.165) is 13.7 Å². The van der Waals surface area contributed by atoms with E-state index in [-0.39, 0.29) is 19.6 Å². The lowest BCUT2D eigenvalue weighted by atomic mass is 10.2. The van der Waals surface area contributed by atoms with E-state index in [1.165, 1.54) is 0 Å². The first-order chi connectivity index (χ1) is 11.1. The molecule has 0 amide bonds. The smallest absolute Gasteiger partial charge is 0.336 e. The van der Waals surface area contributed by atoms with E-state index in [0.29, 0.717) is 19.8 Å². The Hall–Kier alpha value is -1.71. The minimum Gasteiger partial charge on any atom is -0.368 e. The van der Waals surface area contributed by atoms with Gasteiger partial charge in [-0.25, -0.2) is 28.1 Å². The van der Waals surface area contributed by atoms with Crippen molar-refractivity contribution in [2.75, 3.05) is 19.8 Å². The Bertz CT molecular complexity index is 722. The maximum atomic E-state index is 12.7. The summed E-state index contributed by atoms with van der Waals surface area (Å²) in [5, 5.41) is 0. The molecule has 3 aliphatic rings. The third-order valence-electron chi connectivity index (χ3n) is 4.77. The molecule has 132 valence electrons. The summed E-state index contributed by atoms with van der Waals surface area (Å²) < 4.78 is 19.2. The summed E-state index contributed by atoms with van der Waals surface area (Å²) in [5.41, 5.74) is -3.42. The minimum absolute atomic E-state index is 0.125. The Labute approximate surface area is 137 Å². The molecule has 3 unspecified atom stereocenters. The van der Waals surface area contributed by atoms with Crippen LogP contribution in [0.2, 0.25) is 0 Å². The summed E-state index contributed by atoms with van der Waals surface area (Å²) in [4.78, 5) is 38.2. The van der Waals surface area contributed by atoms with Crippen LogP contribution in [0.3, 0.4) is 0 Å². The fourth-order valence-electron chi connectivity index (χ4n) is 2.74. The molecule has 3 fully saturated rings. The van der Waals surface area contributed by atoms with Gasteiger partial charge in [-0.2, -0.15) is 0 Å². The maximum absolute atomic E-state index is 12.7. The zero-order chi connectivity index (χ0) is 17.3. The Balaban J connectivity index is 1.84. The van der Waals surface area contributed by atoms with Gasteiger partial charge in [-0.1, -0.05) is 0 Å². The van der Waals surface area contributed by atoms with Crippen LogP contribution in [0.5, 0.6) is 0 Å². The zero-order valence-electron chi connectivity index (χ0n) is 14.0. The molecule has 9 heteroatoms. The standard InChI is InChI=1S/C15H21N3O6/c1-13(7-22-13)4-16-10(19)17(5-14(2)8-23-14)12(21)18(11(16)20)6-15(3)9-24-15/h4-9H2,1-3H3. The molecule has 3 aliphatic heterocycles. The van der Waals surface area contributed by atoms with Gasteiger partial charge in [0.05, 0.1) is 39.5 Å². The van der Waals surface area contributed by atoms with Gasteiger partial charge in [-0.05, 0) is 20.8 Å². The van der Waals surface area contributed by atoms with Gasteiger partial charge in [0.2, 0.25) is 0 Å². The molecule has 0 N–H and O–H groups in total. The van der Waals surface area contributed by atoms with E-state index in [1.807, 2.05) is 20.8 Å². The van der Waals surface area contributed by atoms with Gasteiger partial charge in [-0.3, -0.25) is 0 Å². The van der Waals surface area contributed by atoms with Crippen molar-refractivity contribution in [3.8, 4) is 0 Å². The van der Waals surface area contributed by atoms with Crippen LogP contribution in [-0.2, 0) is 33.8 Å². The van der Waals surface area contributed by atoms with Crippen LogP contribution in [0.25, 0.3) is 0 Å². The summed E-state index contributed by atoms with van der Waals surface area (Å²) >= 11 is 0. The van der Waals surface area contributed by atoms with Crippen LogP contribution in [0.1, 0.15) is 20.8 Å². The Morgan fingerprint density at radius 1 is 0.667 bits per heavy atom. The van der Waals surface area contributed by atoms with Crippen LogP contribution >= 0.6 is 0 Å². The largest absolute Gasteiger partial charge is 0.368 e. The number of nitrogens with zero attached hydrogens (tertiary/aromatic N) is 3. The predicted octanol–water partition coefficient (Wildman–Crippen LogP) is -1.46. The maximum Gasteiger partial charge on any atom is 0.336 e. The third-order valence-corrected chi connectivity index (χ3v) is 4.77. The Morgan fingerprint density at radius 2 is 0.875 bits per heavy atom. The highest BCUT2D eigenvalue weighted by molar-refractivity contribution is 4.95. The van der Waals surface area contributed by atoms with Gasteiger partial charge in [0, 0.05) is 0 Å². The molecule has 3 saturated heterocycles. The second-order valence-corrected chi connectivity index (χ2v) is 7.82. The van der Waals surface area contributed by atoms with E-state index in [1.54, 1.807) is 0 Å². The molecule has 1 aromatic heterocycles. The second kappa shape index (κ2) is 4.68. The molecule has 9 nitrogen and oxygen atoms in total. The van der Waals surface area contributed by atoms with Gasteiger partial charge in [0.25, 0.3) is 0 Å². The highest BCUT2D eigenvalue weighted by Gasteiger charge is 2.45. The van der Waals surface area contributed by atoms with E-state index in [9.17, 15) is 14.4 Å². The average molecular weight is 339 g/mol. The van der Waals surface area contributed by atoms with E-state index in [2.05, 4.69) is 0 Å². The van der Waals surface area contributed by atoms with Gasteiger partial charge in [0.1, 0.15) is 16.8 Å². The van der Waals surface area contributed by atoms with Crippen molar-refractivity contribution in [3.05, 3.63) is 31.5 Å². The fourth-order valence-corrected chi connectivity index (χ4v) is 2.74. The molecule has 1 aromatic rings. The van der Waals surface area contributed by atoms with E-state index in [4.69, 9.17) is 14.2 Å². The van der Waals surface area contributed by atoms with Crippen LogP contribution < -0.4 is 17.1 Å². The van der Waals surface area contributed by atoms with Crippen LogP contribution in [0.4, 0.5) is 0 Å². The first-order valence-corrected chi connectivity index (χ1v) is 8.00. The van der Waals surface area contributed by atoms with Gasteiger partial charge >= 0.3 is 17.1 Å². The zero-order valence-corrected chi connectivity index (χ0v) is 14.0. The van der Waals surface area contributed by atoms with Gasteiger partial charge < -0.3 is 14.2 Å². The molecule has 0 spiro atoms. The number of hydrogen-bond donors (Lipinski definition) is 0. The normalized spacial score (nSPS) is 36.6. The predicted molar refractivity (Wildman–Crippen MR) is 82.3 cm³/mol. The van der Waals surface area contributed by atoms with Gasteiger partial charge in [-0.15, -0.1) is 0 Å². The Kier molecular flexibility index (Phi) is 3.08. The van der Waals surface area contributed by atoms with Crippen molar-refractivity contribution in [1.82, 2.24) is 13.7 Å². The molecule has 4 rings (SSSR count). The molecule has 24 heavy (non-hydrogen) atoms. The van der Waals surface area contributed by atoms with Crippen molar-refractivity contribution < 1.29 is 14.2 Å². The topological polar surface area (TPSA) is 104 Å². The summed E-state index contributed by atoms with van der Waals surface area (Å²) in [6.45, 7) is 7.32. The Morgan fingerprint density at radius 3 is 1.04 bits per heavy atom. The molecule has 0 saturated carbocycles. The molecule has 4 heterocycles. The summed E-state index contributed by atoms with van der Waals surface area (Å²) in [6, 6.07) is 0. The SMILES string of the molecule is CC1(Cn2c(=O)n(CC3(C)CO3)c(=O)n(CC3(C)CO3)c2=O)CO1. The van der Waals surface area contributed by atoms with Gasteiger partial charge in [0.15, 0.2) is 0 Å². The molecule has 3 atom stereocenters. The number of hydrogen-bond acceptors (Lipinski definition) is 6. The van der Waals surface area contributed by atoms with Crippen LogP contribution in [0, 0.1) is 0 Å². The monoisotopic (exact) mass is 339 g/mol. The third kappa shape index (κ3) is 2.76. The lowest BCUT2D eigenvalue weighted by Crippen LogP contribution is -2.57. The first kappa shape index (κ1) is 15.8. The fraction of sp³-hybridized carbons (Fsp3) is 0.800. The molecular formula is C15H21N3O6. The molecule has 0 radical (unpaired) electrons. The molecule has 0 aromatic carbocycles. The van der Waals surface area contributed by atoms with Crippen molar-refractivity contribution in [2.24, 2.45) is 0 Å². The number of aromatic nitrogens is 3. The van der Waals surface area contributed by atoms with Crippen molar-refractivity contribution >= 4 is 0 Å². The first-order valence-electron chi connectivity index (χ1n) is 8.00. The summed E-state index contributed by atoms with van der Waals surface area (Å²) in [6.07, 6.45) is 0. The van der Waals surface area contributed by atoms with E-state index < -0.39 is 33.9 Å². The second-order valence-electron chi connectivity index (χ2n) is 7.82. The lowest BCUT2D eigenvalue weighted by Gasteiger charge is -2.17. The number of epoxide rings is 3. The molecule has 0 bridgehead atoms. The average Bonchev–Trinajstić information content (AvgIpc) is 3.44. The number of rotatable bonds is 6. The molecular weight excluding hydrogens is 318 g/mol. The minimum atomic E-state index is -0.614. The van der Waals surface area contributed by atoms with Crippen LogP contribution in [-0.4, -0.2) is 50.3 Å². The van der Waals surface area contributed by atoms with Crippen molar-refractivity contribution in [2.45, 2.75) is 57.2 Å². The quantitative estimate of drug-likeness (QED) is 0.587. The van der Waals surface area contributed by atoms with Crippen molar-refractivity contribution in [1.29, 1.82) is 0 Å². The number of ether oxygens (including phenoxy) is 3. The highest BCUT2D eigenvalue weighted by Crippen LogP contribution is 2.29. The summed E-state index contributed by atoms with van der Waals surface area (Å²) in [5.74, 6) is 0.